The minimum absolute atomic E-state index is 0.102. The quantitative estimate of drug-likeness (QED) is 0.876. The lowest BCUT2D eigenvalue weighted by Gasteiger charge is -2.15. The van der Waals surface area contributed by atoms with Crippen molar-refractivity contribution < 1.29 is 4.74 Å². The summed E-state index contributed by atoms with van der Waals surface area (Å²) in [6.07, 6.45) is 0.791. The molecule has 0 heterocycles. The van der Waals surface area contributed by atoms with Gasteiger partial charge in [-0.25, -0.2) is 0 Å². The third-order valence-corrected chi connectivity index (χ3v) is 3.83. The van der Waals surface area contributed by atoms with E-state index in [1.54, 1.807) is 0 Å². The van der Waals surface area contributed by atoms with Crippen LogP contribution in [0.15, 0.2) is 40.9 Å². The molecule has 0 aliphatic rings. The van der Waals surface area contributed by atoms with Gasteiger partial charge in [-0.15, -0.1) is 0 Å². The van der Waals surface area contributed by atoms with E-state index >= 15 is 0 Å². The Kier molecular flexibility index (Phi) is 4.84. The van der Waals surface area contributed by atoms with Gasteiger partial charge in [0.15, 0.2) is 0 Å². The molecule has 2 nitrogen and oxygen atoms in total. The lowest BCUT2D eigenvalue weighted by molar-refractivity contribution is 0.469. The fourth-order valence-corrected chi connectivity index (χ4v) is 2.52. The predicted molar refractivity (Wildman–Crippen MR) is 87.5 cm³/mol. The monoisotopic (exact) mass is 333 g/mol. The second-order valence-corrected chi connectivity index (χ2v) is 6.15. The molecule has 2 rings (SSSR count). The number of halogens is 1. The molecular weight excluding hydrogens is 314 g/mol. The molecule has 1 unspecified atom stereocenters. The van der Waals surface area contributed by atoms with Crippen LogP contribution in [0.25, 0.3) is 0 Å². The maximum absolute atomic E-state index is 6.10. The van der Waals surface area contributed by atoms with E-state index in [9.17, 15) is 0 Å². The normalized spacial score (nSPS) is 12.2. The Hall–Kier alpha value is -1.32. The highest BCUT2D eigenvalue weighted by Gasteiger charge is 2.10. The fraction of sp³-hybridized carbons (Fsp3) is 0.294. The van der Waals surface area contributed by atoms with Gasteiger partial charge in [-0.1, -0.05) is 28.1 Å². The van der Waals surface area contributed by atoms with Crippen LogP contribution < -0.4 is 10.5 Å². The third kappa shape index (κ3) is 3.62. The van der Waals surface area contributed by atoms with Crippen molar-refractivity contribution in [3.8, 4) is 11.5 Å². The van der Waals surface area contributed by atoms with Crippen LogP contribution in [-0.2, 0) is 6.42 Å². The first-order valence-corrected chi connectivity index (χ1v) is 7.54. The molecule has 1 atom stereocenters. The van der Waals surface area contributed by atoms with E-state index < -0.39 is 0 Å². The number of rotatable bonds is 4. The first-order chi connectivity index (χ1) is 9.47. The first-order valence-electron chi connectivity index (χ1n) is 6.75. The van der Waals surface area contributed by atoms with Crippen LogP contribution in [0.1, 0.15) is 23.6 Å². The molecule has 0 aromatic heterocycles. The Balaban J connectivity index is 2.35. The van der Waals surface area contributed by atoms with Gasteiger partial charge in [0.2, 0.25) is 0 Å². The standard InChI is InChI=1S/C17H20BrNO/c1-11-5-4-6-16(13(11)3)20-17-8-7-15(18)10-14(17)9-12(2)19/h4-8,10,12H,9,19H2,1-3H3. The molecule has 0 bridgehead atoms. The molecule has 3 heteroatoms. The Morgan fingerprint density at radius 3 is 2.60 bits per heavy atom. The van der Waals surface area contributed by atoms with Gasteiger partial charge in [0.1, 0.15) is 11.5 Å². The number of nitrogens with two attached hydrogens (primary N) is 1. The van der Waals surface area contributed by atoms with Crippen molar-refractivity contribution in [2.24, 2.45) is 5.73 Å². The van der Waals surface area contributed by atoms with Gasteiger partial charge in [-0.2, -0.15) is 0 Å². The van der Waals surface area contributed by atoms with E-state index in [2.05, 4.69) is 41.9 Å². The zero-order valence-electron chi connectivity index (χ0n) is 12.1. The zero-order valence-corrected chi connectivity index (χ0v) is 13.7. The second-order valence-electron chi connectivity index (χ2n) is 5.23. The fourth-order valence-electron chi connectivity index (χ4n) is 2.11. The van der Waals surface area contributed by atoms with Crippen molar-refractivity contribution in [1.82, 2.24) is 0 Å². The van der Waals surface area contributed by atoms with E-state index in [4.69, 9.17) is 10.5 Å². The molecule has 2 N–H and O–H groups in total. The molecule has 0 aliphatic heterocycles. The van der Waals surface area contributed by atoms with E-state index in [1.165, 1.54) is 11.1 Å². The molecule has 2 aromatic rings. The van der Waals surface area contributed by atoms with Crippen LogP contribution in [0, 0.1) is 13.8 Å². The number of hydrogen-bond donors (Lipinski definition) is 1. The molecule has 106 valence electrons. The topological polar surface area (TPSA) is 35.2 Å². The predicted octanol–water partition coefficient (Wildman–Crippen LogP) is 4.75. The summed E-state index contributed by atoms with van der Waals surface area (Å²) in [5, 5.41) is 0. The largest absolute Gasteiger partial charge is 0.457 e. The second kappa shape index (κ2) is 6.42. The summed E-state index contributed by atoms with van der Waals surface area (Å²) in [4.78, 5) is 0. The zero-order chi connectivity index (χ0) is 14.7. The van der Waals surface area contributed by atoms with Crippen LogP contribution in [-0.4, -0.2) is 6.04 Å². The van der Waals surface area contributed by atoms with Crippen molar-refractivity contribution in [3.63, 3.8) is 0 Å². The average Bonchev–Trinajstić information content (AvgIpc) is 2.37. The van der Waals surface area contributed by atoms with Crippen LogP contribution in [0.3, 0.4) is 0 Å². The summed E-state index contributed by atoms with van der Waals surface area (Å²) in [6, 6.07) is 12.3. The van der Waals surface area contributed by atoms with E-state index in [-0.39, 0.29) is 6.04 Å². The summed E-state index contributed by atoms with van der Waals surface area (Å²) in [7, 11) is 0. The van der Waals surface area contributed by atoms with Crippen molar-refractivity contribution in [2.45, 2.75) is 33.2 Å². The van der Waals surface area contributed by atoms with Crippen LogP contribution in [0.4, 0.5) is 0 Å². The lowest BCUT2D eigenvalue weighted by atomic mass is 10.1. The number of aryl methyl sites for hydroxylation is 1. The van der Waals surface area contributed by atoms with Crippen molar-refractivity contribution in [2.75, 3.05) is 0 Å². The highest BCUT2D eigenvalue weighted by Crippen LogP contribution is 2.31. The molecule has 0 fully saturated rings. The van der Waals surface area contributed by atoms with Gasteiger partial charge in [-0.05, 0) is 68.1 Å². The van der Waals surface area contributed by atoms with Crippen LogP contribution >= 0.6 is 15.9 Å². The number of hydrogen-bond acceptors (Lipinski definition) is 2. The van der Waals surface area contributed by atoms with E-state index in [0.29, 0.717) is 0 Å². The van der Waals surface area contributed by atoms with Gasteiger partial charge in [0.05, 0.1) is 0 Å². The molecule has 0 spiro atoms. The molecule has 0 saturated heterocycles. The molecular formula is C17H20BrNO. The lowest BCUT2D eigenvalue weighted by Crippen LogP contribution is -2.18. The van der Waals surface area contributed by atoms with Gasteiger partial charge in [-0.3, -0.25) is 0 Å². The van der Waals surface area contributed by atoms with Gasteiger partial charge in [0.25, 0.3) is 0 Å². The molecule has 2 aromatic carbocycles. The Labute approximate surface area is 129 Å². The summed E-state index contributed by atoms with van der Waals surface area (Å²) in [5.74, 6) is 1.78. The van der Waals surface area contributed by atoms with Gasteiger partial charge < -0.3 is 10.5 Å². The highest BCUT2D eigenvalue weighted by atomic mass is 79.9. The summed E-state index contributed by atoms with van der Waals surface area (Å²) in [5.41, 5.74) is 9.44. The minimum atomic E-state index is 0.102. The third-order valence-electron chi connectivity index (χ3n) is 3.34. The highest BCUT2D eigenvalue weighted by molar-refractivity contribution is 9.10. The molecule has 0 saturated carbocycles. The molecule has 20 heavy (non-hydrogen) atoms. The Morgan fingerprint density at radius 1 is 1.15 bits per heavy atom. The Morgan fingerprint density at radius 2 is 1.90 bits per heavy atom. The average molecular weight is 334 g/mol. The minimum Gasteiger partial charge on any atom is -0.457 e. The van der Waals surface area contributed by atoms with E-state index in [1.807, 2.05) is 31.2 Å². The number of benzene rings is 2. The molecule has 0 radical (unpaired) electrons. The van der Waals surface area contributed by atoms with Crippen molar-refractivity contribution >= 4 is 15.9 Å². The van der Waals surface area contributed by atoms with Crippen LogP contribution in [0.2, 0.25) is 0 Å². The maximum atomic E-state index is 6.10. The van der Waals surface area contributed by atoms with Crippen molar-refractivity contribution in [3.05, 3.63) is 57.6 Å². The van der Waals surface area contributed by atoms with Crippen LogP contribution in [0.5, 0.6) is 11.5 Å². The smallest absolute Gasteiger partial charge is 0.130 e. The molecule has 0 amide bonds. The van der Waals surface area contributed by atoms with Crippen molar-refractivity contribution in [1.29, 1.82) is 0 Å². The maximum Gasteiger partial charge on any atom is 0.130 e. The molecule has 0 aliphatic carbocycles. The van der Waals surface area contributed by atoms with E-state index in [0.717, 1.165) is 28.0 Å². The number of ether oxygens (including phenoxy) is 1. The summed E-state index contributed by atoms with van der Waals surface area (Å²) < 4.78 is 7.14. The van der Waals surface area contributed by atoms with Gasteiger partial charge >= 0.3 is 0 Å². The summed E-state index contributed by atoms with van der Waals surface area (Å²) >= 11 is 3.50. The van der Waals surface area contributed by atoms with Gasteiger partial charge in [0, 0.05) is 10.5 Å². The Bertz CT molecular complexity index is 608. The first kappa shape index (κ1) is 15.1. The summed E-state index contributed by atoms with van der Waals surface area (Å²) in [6.45, 7) is 6.17. The SMILES string of the molecule is Cc1cccc(Oc2ccc(Br)cc2CC(C)N)c1C.